The van der Waals surface area contributed by atoms with Gasteiger partial charge < -0.3 is 5.73 Å². The number of hydrogen-bond acceptors (Lipinski definition) is 2. The van der Waals surface area contributed by atoms with E-state index in [1.165, 1.54) is 27.8 Å². The van der Waals surface area contributed by atoms with Gasteiger partial charge in [0.15, 0.2) is 0 Å². The van der Waals surface area contributed by atoms with Crippen LogP contribution in [0, 0.1) is 0 Å². The van der Waals surface area contributed by atoms with Crippen LogP contribution in [0.2, 0.25) is 0 Å². The fourth-order valence-corrected chi connectivity index (χ4v) is 6.56. The van der Waals surface area contributed by atoms with Gasteiger partial charge in [0.05, 0.1) is 12.3 Å². The van der Waals surface area contributed by atoms with Gasteiger partial charge in [-0.2, -0.15) is 0 Å². The normalized spacial score (nSPS) is 16.3. The smallest absolute Gasteiger partial charge is 0.0743 e. The van der Waals surface area contributed by atoms with E-state index in [4.69, 9.17) is 10.7 Å². The van der Waals surface area contributed by atoms with Crippen LogP contribution in [0.15, 0.2) is 138 Å². The molecule has 0 saturated heterocycles. The minimum Gasteiger partial charge on any atom is -0.398 e. The number of aliphatic imine (C=N–C) groups is 1. The van der Waals surface area contributed by atoms with Crippen LogP contribution in [0.3, 0.4) is 0 Å². The molecule has 2 nitrogen and oxygen atoms in total. The third kappa shape index (κ3) is 4.88. The third-order valence-electron chi connectivity index (χ3n) is 8.76. The number of allylic oxidation sites excluding steroid dienone is 7. The molecule has 0 radical (unpaired) electrons. The summed E-state index contributed by atoms with van der Waals surface area (Å²) >= 11 is 0. The molecule has 2 aliphatic carbocycles. The molecule has 208 valence electrons. The second kappa shape index (κ2) is 11.3. The molecule has 0 aliphatic heterocycles. The highest BCUT2D eigenvalue weighted by Gasteiger charge is 2.37. The number of hydrogen-bond donors (Lipinski definition) is 1. The lowest BCUT2D eigenvalue weighted by Gasteiger charge is -2.26. The molecule has 0 aromatic heterocycles. The zero-order chi connectivity index (χ0) is 29.3. The van der Waals surface area contributed by atoms with E-state index in [1.807, 2.05) is 37.3 Å². The highest BCUT2D eigenvalue weighted by molar-refractivity contribution is 6.19. The van der Waals surface area contributed by atoms with Crippen LogP contribution in [0.4, 0.5) is 5.69 Å². The molecule has 0 saturated carbocycles. The van der Waals surface area contributed by atoms with Crippen molar-refractivity contribution < 1.29 is 0 Å². The molecule has 6 rings (SSSR count). The summed E-state index contributed by atoms with van der Waals surface area (Å²) in [7, 11) is 0. The molecular weight excluding hydrogens is 508 g/mol. The van der Waals surface area contributed by atoms with Gasteiger partial charge in [-0.05, 0) is 64.6 Å². The first-order valence-electron chi connectivity index (χ1n) is 14.8. The van der Waals surface area contributed by atoms with Crippen LogP contribution in [0.5, 0.6) is 0 Å². The lowest BCUT2D eigenvalue weighted by molar-refractivity contribution is 0.607. The van der Waals surface area contributed by atoms with Crippen molar-refractivity contribution in [1.29, 1.82) is 0 Å². The first-order valence-corrected chi connectivity index (χ1v) is 14.8. The number of nitrogens with zero attached hydrogens (tertiary/aromatic N) is 1. The highest BCUT2D eigenvalue weighted by atomic mass is 14.7. The summed E-state index contributed by atoms with van der Waals surface area (Å²) in [5, 5.41) is 2.17. The van der Waals surface area contributed by atoms with Crippen molar-refractivity contribution in [1.82, 2.24) is 0 Å². The van der Waals surface area contributed by atoms with Crippen LogP contribution in [0.25, 0.3) is 27.5 Å². The van der Waals surface area contributed by atoms with E-state index >= 15 is 0 Å². The number of anilines is 1. The van der Waals surface area contributed by atoms with Crippen LogP contribution in [0.1, 0.15) is 55.9 Å². The summed E-state index contributed by atoms with van der Waals surface area (Å²) in [6.45, 7) is 11.2. The van der Waals surface area contributed by atoms with Gasteiger partial charge in [0.2, 0.25) is 0 Å². The molecule has 0 unspecified atom stereocenters. The maximum Gasteiger partial charge on any atom is 0.0743 e. The van der Waals surface area contributed by atoms with Crippen molar-refractivity contribution in [2.24, 2.45) is 4.99 Å². The summed E-state index contributed by atoms with van der Waals surface area (Å²) in [4.78, 5) is 5.14. The van der Waals surface area contributed by atoms with Crippen LogP contribution in [-0.4, -0.2) is 12.3 Å². The van der Waals surface area contributed by atoms with E-state index in [0.29, 0.717) is 6.54 Å². The van der Waals surface area contributed by atoms with Gasteiger partial charge in [-0.15, -0.1) is 0 Å². The van der Waals surface area contributed by atoms with E-state index in [9.17, 15) is 0 Å². The number of fused-ring (bicyclic) bond motifs is 3. The van der Waals surface area contributed by atoms with Crippen molar-refractivity contribution in [3.8, 4) is 11.1 Å². The highest BCUT2D eigenvalue weighted by Crippen LogP contribution is 2.50. The number of rotatable bonds is 7. The van der Waals surface area contributed by atoms with E-state index in [1.54, 1.807) is 5.57 Å². The lowest BCUT2D eigenvalue weighted by atomic mass is 9.78. The summed E-state index contributed by atoms with van der Waals surface area (Å²) in [6, 6.07) is 28.2. The molecule has 4 aromatic carbocycles. The SMILES string of the molecule is C=C/C=C(\C=C/C)CN=C(c1ccc(-c2ccc3c(c2)C(C)(C)C2=C3C=CCC2)cc1)c1ccc2ccccc2c1N. The average Bonchev–Trinajstić information content (AvgIpc) is 3.25. The fourth-order valence-electron chi connectivity index (χ4n) is 6.56. The van der Waals surface area contributed by atoms with Gasteiger partial charge >= 0.3 is 0 Å². The van der Waals surface area contributed by atoms with E-state index in [2.05, 4.69) is 105 Å². The zero-order valence-corrected chi connectivity index (χ0v) is 24.8. The largest absolute Gasteiger partial charge is 0.398 e. The first kappa shape index (κ1) is 27.5. The van der Waals surface area contributed by atoms with E-state index in [0.717, 1.165) is 51.7 Å². The molecule has 0 fully saturated rings. The monoisotopic (exact) mass is 546 g/mol. The Morgan fingerprint density at radius 3 is 2.55 bits per heavy atom. The first-order chi connectivity index (χ1) is 20.4. The lowest BCUT2D eigenvalue weighted by Crippen LogP contribution is -2.17. The molecule has 0 spiro atoms. The maximum absolute atomic E-state index is 6.79. The predicted molar refractivity (Wildman–Crippen MR) is 182 cm³/mol. The van der Waals surface area contributed by atoms with Crippen LogP contribution in [-0.2, 0) is 5.41 Å². The Balaban J connectivity index is 1.39. The van der Waals surface area contributed by atoms with Gasteiger partial charge in [0, 0.05) is 27.6 Å². The Morgan fingerprint density at radius 2 is 1.76 bits per heavy atom. The van der Waals surface area contributed by atoms with Crippen molar-refractivity contribution in [2.45, 2.75) is 39.0 Å². The minimum absolute atomic E-state index is 0.0579. The molecular formula is C40H38N2. The topological polar surface area (TPSA) is 38.4 Å². The Hall–Kier alpha value is -4.69. The van der Waals surface area contributed by atoms with Crippen molar-refractivity contribution >= 4 is 27.7 Å². The molecule has 0 atom stereocenters. The molecule has 42 heavy (non-hydrogen) atoms. The van der Waals surface area contributed by atoms with Gasteiger partial charge in [-0.25, -0.2) is 0 Å². The Kier molecular flexibility index (Phi) is 7.39. The molecule has 2 aliphatic rings. The van der Waals surface area contributed by atoms with Gasteiger partial charge in [0.1, 0.15) is 0 Å². The summed E-state index contributed by atoms with van der Waals surface area (Å²) in [5.41, 5.74) is 19.8. The number of nitrogens with two attached hydrogens (primary N) is 1. The standard InChI is InChI=1S/C40H38N2/c1-5-11-27(12-6-2)26-42-39(35-24-21-29-13-7-8-14-32(29)38(35)41)30-19-17-28(18-20-30)31-22-23-34-33-15-9-10-16-36(33)40(3,4)37(34)25-31/h5-9,11-15,17-25H,1,10,16,26,41H2,2-4H3/b12-6-,27-11+,42-39?. The average molecular weight is 547 g/mol. The molecule has 2 heteroatoms. The Bertz CT molecular complexity index is 1840. The molecule has 0 bridgehead atoms. The molecule has 0 heterocycles. The minimum atomic E-state index is 0.0579. The van der Waals surface area contributed by atoms with Crippen LogP contribution < -0.4 is 5.73 Å². The van der Waals surface area contributed by atoms with E-state index in [-0.39, 0.29) is 5.41 Å². The van der Waals surface area contributed by atoms with E-state index < -0.39 is 0 Å². The summed E-state index contributed by atoms with van der Waals surface area (Å²) in [6.07, 6.45) is 14.8. The Labute approximate surface area is 250 Å². The van der Waals surface area contributed by atoms with Gasteiger partial charge in [0.25, 0.3) is 0 Å². The van der Waals surface area contributed by atoms with Gasteiger partial charge in [-0.1, -0.05) is 135 Å². The van der Waals surface area contributed by atoms with Gasteiger partial charge in [-0.3, -0.25) is 4.99 Å². The summed E-state index contributed by atoms with van der Waals surface area (Å²) < 4.78 is 0. The second-order valence-corrected chi connectivity index (χ2v) is 11.7. The van der Waals surface area contributed by atoms with Crippen molar-refractivity contribution in [2.75, 3.05) is 12.3 Å². The maximum atomic E-state index is 6.79. The fraction of sp³-hybridized carbons (Fsp3) is 0.175. The predicted octanol–water partition coefficient (Wildman–Crippen LogP) is 10.0. The van der Waals surface area contributed by atoms with Crippen LogP contribution >= 0.6 is 0 Å². The third-order valence-corrected chi connectivity index (χ3v) is 8.76. The number of benzene rings is 4. The molecule has 0 amide bonds. The molecule has 2 N–H and O–H groups in total. The number of nitrogen functional groups attached to an aromatic ring is 1. The van der Waals surface area contributed by atoms with Crippen molar-refractivity contribution in [3.63, 3.8) is 0 Å². The zero-order valence-electron chi connectivity index (χ0n) is 24.8. The second-order valence-electron chi connectivity index (χ2n) is 11.7. The summed E-state index contributed by atoms with van der Waals surface area (Å²) in [5.74, 6) is 0. The molecule has 4 aromatic rings. The Morgan fingerprint density at radius 1 is 0.976 bits per heavy atom. The quantitative estimate of drug-likeness (QED) is 0.140. The van der Waals surface area contributed by atoms with Crippen molar-refractivity contribution in [3.05, 3.63) is 155 Å².